The van der Waals surface area contributed by atoms with Gasteiger partial charge in [0.25, 0.3) is 5.91 Å². The Bertz CT molecular complexity index is 1450. The number of hydrogen-bond donors (Lipinski definition) is 1. The number of benzene rings is 1. The molecule has 160 valence electrons. The fourth-order valence-electron chi connectivity index (χ4n) is 3.36. The van der Waals surface area contributed by atoms with Gasteiger partial charge in [-0.15, -0.1) is 5.10 Å². The van der Waals surface area contributed by atoms with Crippen molar-refractivity contribution in [3.05, 3.63) is 77.1 Å². The molecule has 0 bridgehead atoms. The zero-order valence-electron chi connectivity index (χ0n) is 17.3. The van der Waals surface area contributed by atoms with Gasteiger partial charge in [0.2, 0.25) is 5.95 Å². The number of aromatic nitrogens is 8. The molecule has 4 aromatic heterocycles. The molecule has 0 aliphatic carbocycles. The molecule has 0 fully saturated rings. The number of halogens is 1. The predicted molar refractivity (Wildman–Crippen MR) is 118 cm³/mol. The van der Waals surface area contributed by atoms with Crippen LogP contribution in [0.4, 0.5) is 5.95 Å². The fraction of sp³-hybridized carbons (Fsp3) is 0.143. The van der Waals surface area contributed by atoms with Gasteiger partial charge < -0.3 is 0 Å². The Kier molecular flexibility index (Phi) is 4.91. The van der Waals surface area contributed by atoms with E-state index in [9.17, 15) is 4.79 Å². The van der Waals surface area contributed by atoms with Gasteiger partial charge in [-0.3, -0.25) is 14.8 Å². The molecule has 0 radical (unpaired) electrons. The summed E-state index contributed by atoms with van der Waals surface area (Å²) in [7, 11) is 1.87. The Balaban J connectivity index is 1.38. The smallest absolute Gasteiger partial charge is 0.278 e. The van der Waals surface area contributed by atoms with Crippen molar-refractivity contribution < 1.29 is 4.79 Å². The maximum atomic E-state index is 12.8. The van der Waals surface area contributed by atoms with Crippen LogP contribution in [0.15, 0.2) is 55.1 Å². The Morgan fingerprint density at radius 1 is 1.16 bits per heavy atom. The van der Waals surface area contributed by atoms with Crippen molar-refractivity contribution in [1.82, 2.24) is 39.1 Å². The van der Waals surface area contributed by atoms with E-state index in [1.54, 1.807) is 32.3 Å². The lowest BCUT2D eigenvalue weighted by Gasteiger charge is -2.03. The first kappa shape index (κ1) is 19.9. The number of aryl methyl sites for hydroxylation is 1. The summed E-state index contributed by atoms with van der Waals surface area (Å²) in [5, 5.41) is 16.4. The first-order valence-electron chi connectivity index (χ1n) is 9.77. The molecule has 11 heteroatoms. The van der Waals surface area contributed by atoms with Crippen molar-refractivity contribution in [1.29, 1.82) is 0 Å². The van der Waals surface area contributed by atoms with Gasteiger partial charge in [0.05, 0.1) is 18.4 Å². The number of rotatable bonds is 5. The molecule has 0 aliphatic rings. The van der Waals surface area contributed by atoms with E-state index in [4.69, 9.17) is 11.6 Å². The van der Waals surface area contributed by atoms with Gasteiger partial charge in [0.15, 0.2) is 11.3 Å². The number of amides is 1. The lowest BCUT2D eigenvalue weighted by Crippen LogP contribution is -2.14. The van der Waals surface area contributed by atoms with E-state index in [1.165, 1.54) is 6.33 Å². The van der Waals surface area contributed by atoms with Crippen LogP contribution < -0.4 is 5.32 Å². The first-order valence-corrected chi connectivity index (χ1v) is 10.2. The number of carbonyl (C=O) groups is 1. The highest BCUT2D eigenvalue weighted by molar-refractivity contribution is 6.31. The van der Waals surface area contributed by atoms with Gasteiger partial charge in [0.1, 0.15) is 6.33 Å². The van der Waals surface area contributed by atoms with Crippen molar-refractivity contribution in [2.75, 3.05) is 5.32 Å². The van der Waals surface area contributed by atoms with Crippen LogP contribution >= 0.6 is 11.6 Å². The van der Waals surface area contributed by atoms with Crippen LogP contribution in [-0.2, 0) is 13.6 Å². The highest BCUT2D eigenvalue weighted by Gasteiger charge is 2.17. The lowest BCUT2D eigenvalue weighted by molar-refractivity contribution is 0.102. The summed E-state index contributed by atoms with van der Waals surface area (Å²) in [5.41, 5.74) is 4.34. The maximum absolute atomic E-state index is 12.8. The van der Waals surface area contributed by atoms with Crippen LogP contribution in [0.25, 0.3) is 16.9 Å². The normalized spacial score (nSPS) is 11.2. The standard InChI is InChI=1S/C21H18ClN9O/c1-13-15(10-25-29(13)2)18-7-8-23-19-9-17(27-31(18)19)20(32)26-21-24-12-30(28-21)11-14-5-3-4-6-16(14)22/h3-10,12H,11H2,1-2H3,(H,26,28,32). The van der Waals surface area contributed by atoms with Crippen LogP contribution in [-0.4, -0.2) is 45.1 Å². The molecule has 5 aromatic rings. The molecule has 10 nitrogen and oxygen atoms in total. The minimum atomic E-state index is -0.431. The molecule has 0 saturated carbocycles. The van der Waals surface area contributed by atoms with E-state index in [0.717, 1.165) is 22.5 Å². The third kappa shape index (κ3) is 3.60. The quantitative estimate of drug-likeness (QED) is 0.443. The second-order valence-electron chi connectivity index (χ2n) is 7.21. The van der Waals surface area contributed by atoms with Gasteiger partial charge in [-0.2, -0.15) is 10.2 Å². The van der Waals surface area contributed by atoms with Gasteiger partial charge in [0, 0.05) is 35.6 Å². The highest BCUT2D eigenvalue weighted by Crippen LogP contribution is 2.23. The molecular formula is C21H18ClN9O. The van der Waals surface area contributed by atoms with E-state index in [2.05, 4.69) is 30.6 Å². The maximum Gasteiger partial charge on any atom is 0.278 e. The second kappa shape index (κ2) is 7.89. The van der Waals surface area contributed by atoms with Crippen LogP contribution in [0, 0.1) is 6.92 Å². The minimum Gasteiger partial charge on any atom is -0.288 e. The molecular weight excluding hydrogens is 430 g/mol. The second-order valence-corrected chi connectivity index (χ2v) is 7.62. The van der Waals surface area contributed by atoms with Crippen LogP contribution in [0.5, 0.6) is 0 Å². The summed E-state index contributed by atoms with van der Waals surface area (Å²) >= 11 is 6.20. The van der Waals surface area contributed by atoms with E-state index in [-0.39, 0.29) is 11.6 Å². The lowest BCUT2D eigenvalue weighted by atomic mass is 10.2. The molecule has 0 atom stereocenters. The summed E-state index contributed by atoms with van der Waals surface area (Å²) < 4.78 is 5.01. The molecule has 0 aliphatic heterocycles. The van der Waals surface area contributed by atoms with E-state index in [1.807, 2.05) is 44.3 Å². The topological polar surface area (TPSA) is 108 Å². The summed E-state index contributed by atoms with van der Waals surface area (Å²) in [6.45, 7) is 2.41. The van der Waals surface area contributed by atoms with Crippen molar-refractivity contribution in [3.63, 3.8) is 0 Å². The van der Waals surface area contributed by atoms with Gasteiger partial charge in [-0.25, -0.2) is 19.2 Å². The zero-order valence-corrected chi connectivity index (χ0v) is 18.0. The predicted octanol–water partition coefficient (Wildman–Crippen LogP) is 2.98. The SMILES string of the molecule is Cc1c(-c2ccnc3cc(C(=O)Nc4ncn(Cc5ccccc5Cl)n4)nn23)cnn1C. The van der Waals surface area contributed by atoms with Crippen molar-refractivity contribution in [2.24, 2.45) is 7.05 Å². The molecule has 0 unspecified atom stereocenters. The molecule has 1 aromatic carbocycles. The summed E-state index contributed by atoms with van der Waals surface area (Å²) in [4.78, 5) is 21.3. The molecule has 4 heterocycles. The molecule has 32 heavy (non-hydrogen) atoms. The van der Waals surface area contributed by atoms with Crippen molar-refractivity contribution in [3.8, 4) is 11.3 Å². The Morgan fingerprint density at radius 2 is 2.00 bits per heavy atom. The fourth-order valence-corrected chi connectivity index (χ4v) is 3.55. The van der Waals surface area contributed by atoms with Gasteiger partial charge >= 0.3 is 0 Å². The summed E-state index contributed by atoms with van der Waals surface area (Å²) in [5.74, 6) is -0.254. The molecule has 1 N–H and O–H groups in total. The van der Waals surface area contributed by atoms with E-state index < -0.39 is 5.91 Å². The number of hydrogen-bond acceptors (Lipinski definition) is 6. The molecule has 1 amide bonds. The van der Waals surface area contributed by atoms with Crippen LogP contribution in [0.1, 0.15) is 21.7 Å². The largest absolute Gasteiger partial charge is 0.288 e. The van der Waals surface area contributed by atoms with Gasteiger partial charge in [-0.05, 0) is 24.6 Å². The number of nitrogens with zero attached hydrogens (tertiary/aromatic N) is 8. The van der Waals surface area contributed by atoms with E-state index in [0.29, 0.717) is 17.2 Å². The number of carbonyl (C=O) groups excluding carboxylic acids is 1. The number of fused-ring (bicyclic) bond motifs is 1. The summed E-state index contributed by atoms with van der Waals surface area (Å²) in [6, 6.07) is 10.9. The average Bonchev–Trinajstić information content (AvgIpc) is 3.49. The van der Waals surface area contributed by atoms with Crippen molar-refractivity contribution >= 4 is 29.1 Å². The third-order valence-electron chi connectivity index (χ3n) is 5.15. The number of anilines is 1. The average molecular weight is 448 g/mol. The number of nitrogens with one attached hydrogen (secondary N) is 1. The highest BCUT2D eigenvalue weighted by atomic mass is 35.5. The monoisotopic (exact) mass is 447 g/mol. The van der Waals surface area contributed by atoms with Crippen LogP contribution in [0.2, 0.25) is 5.02 Å². The first-order chi connectivity index (χ1) is 15.5. The Hall–Kier alpha value is -4.05. The Labute approximate surface area is 187 Å². The third-order valence-corrected chi connectivity index (χ3v) is 5.52. The van der Waals surface area contributed by atoms with E-state index >= 15 is 0 Å². The Morgan fingerprint density at radius 3 is 2.78 bits per heavy atom. The molecule has 0 spiro atoms. The molecule has 5 rings (SSSR count). The summed E-state index contributed by atoms with van der Waals surface area (Å²) in [6.07, 6.45) is 4.98. The van der Waals surface area contributed by atoms with Crippen LogP contribution in [0.3, 0.4) is 0 Å². The van der Waals surface area contributed by atoms with Gasteiger partial charge in [-0.1, -0.05) is 29.8 Å². The van der Waals surface area contributed by atoms with Crippen molar-refractivity contribution in [2.45, 2.75) is 13.5 Å². The zero-order chi connectivity index (χ0) is 22.2. The molecule has 0 saturated heterocycles. The minimum absolute atomic E-state index is 0.176.